The van der Waals surface area contributed by atoms with Gasteiger partial charge in [-0.25, -0.2) is 11.6 Å². The SMILES string of the molecule is CC1CC=CC=C2C1CC(C)C2C1=[C-]CC=C1.Cl.Cl.[Zr]. The quantitative estimate of drug-likeness (QED) is 0.533. The fourth-order valence-electron chi connectivity index (χ4n) is 3.78. The molecule has 0 spiro atoms. The smallest absolute Gasteiger partial charge is 0 e. The molecule has 110 valence electrons. The first-order valence-corrected chi connectivity index (χ1v) is 6.91. The molecular formula is C17H23Cl2Zr-. The maximum atomic E-state index is 3.54. The summed E-state index contributed by atoms with van der Waals surface area (Å²) in [5.74, 6) is 3.03. The van der Waals surface area contributed by atoms with Crippen molar-refractivity contribution in [1.82, 2.24) is 0 Å². The summed E-state index contributed by atoms with van der Waals surface area (Å²) in [7, 11) is 0. The van der Waals surface area contributed by atoms with Crippen molar-refractivity contribution in [2.75, 3.05) is 0 Å². The maximum absolute atomic E-state index is 3.54. The first kappa shape index (κ1) is 20.4. The Bertz CT molecular complexity index is 434. The van der Waals surface area contributed by atoms with Crippen LogP contribution in [0.5, 0.6) is 0 Å². The first-order valence-electron chi connectivity index (χ1n) is 6.91. The van der Waals surface area contributed by atoms with Crippen molar-refractivity contribution in [3.8, 4) is 0 Å². The van der Waals surface area contributed by atoms with Gasteiger partial charge in [-0.1, -0.05) is 37.6 Å². The molecule has 0 amide bonds. The van der Waals surface area contributed by atoms with Gasteiger partial charge in [0.15, 0.2) is 0 Å². The second-order valence-electron chi connectivity index (χ2n) is 5.84. The van der Waals surface area contributed by atoms with Gasteiger partial charge >= 0.3 is 0 Å². The van der Waals surface area contributed by atoms with Crippen molar-refractivity contribution >= 4 is 24.8 Å². The molecule has 0 N–H and O–H groups in total. The predicted octanol–water partition coefficient (Wildman–Crippen LogP) is 5.31. The Morgan fingerprint density at radius 2 is 1.85 bits per heavy atom. The van der Waals surface area contributed by atoms with Crippen molar-refractivity contribution < 1.29 is 26.2 Å². The Labute approximate surface area is 154 Å². The van der Waals surface area contributed by atoms with E-state index < -0.39 is 0 Å². The van der Waals surface area contributed by atoms with Crippen LogP contribution in [0, 0.1) is 29.7 Å². The van der Waals surface area contributed by atoms with E-state index in [0.717, 1.165) is 24.2 Å². The molecule has 1 fully saturated rings. The van der Waals surface area contributed by atoms with Gasteiger partial charge < -0.3 is 0 Å². The second-order valence-corrected chi connectivity index (χ2v) is 5.84. The molecule has 0 aromatic carbocycles. The van der Waals surface area contributed by atoms with E-state index in [4.69, 9.17) is 0 Å². The van der Waals surface area contributed by atoms with Gasteiger partial charge in [-0.15, -0.1) is 31.2 Å². The van der Waals surface area contributed by atoms with E-state index >= 15 is 0 Å². The van der Waals surface area contributed by atoms with E-state index in [1.54, 1.807) is 5.57 Å². The largest absolute Gasteiger partial charge is 0.269 e. The summed E-state index contributed by atoms with van der Waals surface area (Å²) in [6, 6.07) is 0. The van der Waals surface area contributed by atoms with Crippen molar-refractivity contribution in [2.45, 2.75) is 33.1 Å². The van der Waals surface area contributed by atoms with Crippen molar-refractivity contribution in [1.29, 1.82) is 0 Å². The molecule has 0 heterocycles. The number of allylic oxidation sites excluding steroid dienone is 8. The van der Waals surface area contributed by atoms with Gasteiger partial charge in [0, 0.05) is 26.2 Å². The van der Waals surface area contributed by atoms with E-state index in [1.807, 2.05) is 0 Å². The molecule has 0 radical (unpaired) electrons. The van der Waals surface area contributed by atoms with Crippen LogP contribution in [0.25, 0.3) is 0 Å². The Balaban J connectivity index is 0.00000120. The van der Waals surface area contributed by atoms with Crippen LogP contribution < -0.4 is 0 Å². The van der Waals surface area contributed by atoms with Gasteiger partial charge in [0.1, 0.15) is 0 Å². The zero-order valence-electron chi connectivity index (χ0n) is 12.1. The fraction of sp³-hybridized carbons (Fsp3) is 0.529. The zero-order chi connectivity index (χ0) is 11.8. The molecule has 0 saturated heterocycles. The molecule has 3 rings (SSSR count). The Hall–Kier alpha value is 0.423. The Morgan fingerprint density at radius 3 is 2.50 bits per heavy atom. The molecule has 3 aliphatic rings. The molecule has 0 aromatic rings. The van der Waals surface area contributed by atoms with Crippen LogP contribution in [-0.4, -0.2) is 0 Å². The third-order valence-electron chi connectivity index (χ3n) is 4.66. The molecule has 0 aromatic heterocycles. The minimum absolute atomic E-state index is 0. The number of fused-ring (bicyclic) bond motifs is 1. The normalized spacial score (nSPS) is 33.9. The number of rotatable bonds is 1. The Kier molecular flexibility index (Phi) is 8.95. The van der Waals surface area contributed by atoms with Crippen LogP contribution in [0.3, 0.4) is 0 Å². The minimum atomic E-state index is 0. The summed E-state index contributed by atoms with van der Waals surface area (Å²) in [4.78, 5) is 0. The van der Waals surface area contributed by atoms with Gasteiger partial charge in [0.25, 0.3) is 0 Å². The molecule has 0 aliphatic heterocycles. The maximum Gasteiger partial charge on any atom is 0 e. The summed E-state index contributed by atoms with van der Waals surface area (Å²) < 4.78 is 0. The summed E-state index contributed by atoms with van der Waals surface area (Å²) in [5, 5.41) is 0. The van der Waals surface area contributed by atoms with Crippen LogP contribution in [0.4, 0.5) is 0 Å². The van der Waals surface area contributed by atoms with E-state index in [0.29, 0.717) is 5.92 Å². The molecule has 3 aliphatic carbocycles. The van der Waals surface area contributed by atoms with Crippen molar-refractivity contribution in [3.05, 3.63) is 47.6 Å². The van der Waals surface area contributed by atoms with Crippen LogP contribution in [0.15, 0.2) is 41.5 Å². The summed E-state index contributed by atoms with van der Waals surface area (Å²) in [5.41, 5.74) is 3.13. The first-order chi connectivity index (χ1) is 8.27. The van der Waals surface area contributed by atoms with Gasteiger partial charge in [-0.05, 0) is 36.5 Å². The predicted molar refractivity (Wildman–Crippen MR) is 86.8 cm³/mol. The third kappa shape index (κ3) is 3.79. The van der Waals surface area contributed by atoms with Crippen LogP contribution >= 0.6 is 24.8 Å². The molecule has 3 heteroatoms. The zero-order valence-corrected chi connectivity index (χ0v) is 16.2. The topological polar surface area (TPSA) is 0 Å². The van der Waals surface area contributed by atoms with Crippen molar-refractivity contribution in [2.24, 2.45) is 23.7 Å². The van der Waals surface area contributed by atoms with Crippen LogP contribution in [0.2, 0.25) is 0 Å². The number of hydrogen-bond donors (Lipinski definition) is 0. The average Bonchev–Trinajstić information content (AvgIpc) is 2.88. The molecule has 0 bridgehead atoms. The Morgan fingerprint density at radius 1 is 1.10 bits per heavy atom. The van der Waals surface area contributed by atoms with Gasteiger partial charge in [0.05, 0.1) is 0 Å². The molecule has 20 heavy (non-hydrogen) atoms. The average molecular weight is 390 g/mol. The molecule has 4 unspecified atom stereocenters. The molecule has 4 atom stereocenters. The van der Waals surface area contributed by atoms with Crippen LogP contribution in [-0.2, 0) is 26.2 Å². The summed E-state index contributed by atoms with van der Waals surface area (Å²) >= 11 is 0. The summed E-state index contributed by atoms with van der Waals surface area (Å²) in [6.07, 6.45) is 18.7. The monoisotopic (exact) mass is 387 g/mol. The van der Waals surface area contributed by atoms with E-state index in [2.05, 4.69) is 50.3 Å². The molecule has 0 nitrogen and oxygen atoms in total. The standard InChI is InChI=1S/C17H21.2ClH.Zr/c1-12-7-3-6-10-15-16(12)11-13(2)17(15)14-8-4-5-9-14;;;/h3-4,6,8,10,12-13,16-17H,5,7,11H2,1-2H3;2*1H;/q-1;;;. The van der Waals surface area contributed by atoms with Crippen LogP contribution in [0.1, 0.15) is 33.1 Å². The van der Waals surface area contributed by atoms with E-state index in [-0.39, 0.29) is 51.0 Å². The number of halogens is 2. The second kappa shape index (κ2) is 8.77. The van der Waals surface area contributed by atoms with Gasteiger partial charge in [-0.3, -0.25) is 6.08 Å². The van der Waals surface area contributed by atoms with Gasteiger partial charge in [-0.2, -0.15) is 6.08 Å². The molecule has 1 saturated carbocycles. The summed E-state index contributed by atoms with van der Waals surface area (Å²) in [6.45, 7) is 4.82. The minimum Gasteiger partial charge on any atom is -0.269 e. The van der Waals surface area contributed by atoms with E-state index in [9.17, 15) is 0 Å². The van der Waals surface area contributed by atoms with E-state index in [1.165, 1.54) is 18.4 Å². The number of hydrogen-bond acceptors (Lipinski definition) is 0. The molecular weight excluding hydrogens is 366 g/mol. The third-order valence-corrected chi connectivity index (χ3v) is 4.66. The van der Waals surface area contributed by atoms with Crippen molar-refractivity contribution in [3.63, 3.8) is 0 Å². The van der Waals surface area contributed by atoms with Gasteiger partial charge in [0.2, 0.25) is 0 Å². The fourth-order valence-corrected chi connectivity index (χ4v) is 3.78.